The Labute approximate surface area is 118 Å². The van der Waals surface area contributed by atoms with Gasteiger partial charge in [0.05, 0.1) is 17.7 Å². The minimum atomic E-state index is -0.816. The first-order valence-electron chi connectivity index (χ1n) is 7.10. The highest BCUT2D eigenvalue weighted by atomic mass is 16.4. The Morgan fingerprint density at radius 2 is 2.00 bits per heavy atom. The van der Waals surface area contributed by atoms with Crippen LogP contribution in [0.3, 0.4) is 0 Å². The fourth-order valence-electron chi connectivity index (χ4n) is 2.74. The molecule has 1 aliphatic carbocycles. The summed E-state index contributed by atoms with van der Waals surface area (Å²) in [5.74, 6) is -1.55. The number of rotatable bonds is 3. The summed E-state index contributed by atoms with van der Waals surface area (Å²) in [6.45, 7) is 0. The maximum atomic E-state index is 12.1. The Morgan fingerprint density at radius 1 is 1.30 bits per heavy atom. The summed E-state index contributed by atoms with van der Waals surface area (Å²) in [4.78, 5) is 23.5. The van der Waals surface area contributed by atoms with E-state index in [1.165, 1.54) is 6.20 Å². The molecule has 0 aliphatic heterocycles. The summed E-state index contributed by atoms with van der Waals surface area (Å²) in [5.41, 5.74) is 0.471. The molecule has 110 valence electrons. The molecule has 0 spiro atoms. The zero-order valence-electron chi connectivity index (χ0n) is 11.7. The van der Waals surface area contributed by atoms with Crippen molar-refractivity contribution in [2.75, 3.05) is 0 Å². The van der Waals surface area contributed by atoms with Gasteiger partial charge in [0.25, 0.3) is 5.91 Å². The molecule has 1 aromatic rings. The van der Waals surface area contributed by atoms with Crippen molar-refractivity contribution < 1.29 is 14.7 Å². The van der Waals surface area contributed by atoms with Crippen LogP contribution in [-0.2, 0) is 11.8 Å². The number of carboxylic acids is 1. The summed E-state index contributed by atoms with van der Waals surface area (Å²) in [6.07, 6.45) is 8.54. The highest BCUT2D eigenvalue weighted by Gasteiger charge is 2.30. The number of aromatic nitrogens is 2. The normalized spacial score (nSPS) is 23.6. The van der Waals surface area contributed by atoms with E-state index in [1.807, 2.05) is 0 Å². The van der Waals surface area contributed by atoms with Gasteiger partial charge in [-0.2, -0.15) is 5.10 Å². The van der Waals surface area contributed by atoms with Crippen LogP contribution in [0.15, 0.2) is 12.4 Å². The molecule has 1 fully saturated rings. The van der Waals surface area contributed by atoms with Gasteiger partial charge in [-0.1, -0.05) is 25.7 Å². The lowest BCUT2D eigenvalue weighted by Crippen LogP contribution is -2.43. The number of aliphatic carboxylic acids is 1. The van der Waals surface area contributed by atoms with Gasteiger partial charge in [-0.05, 0) is 12.8 Å². The van der Waals surface area contributed by atoms with Gasteiger partial charge in [0.1, 0.15) is 0 Å². The molecule has 0 radical (unpaired) electrons. The third-order valence-electron chi connectivity index (χ3n) is 3.87. The Kier molecular flexibility index (Phi) is 4.76. The van der Waals surface area contributed by atoms with E-state index in [0.29, 0.717) is 12.0 Å². The van der Waals surface area contributed by atoms with Gasteiger partial charge in [0.15, 0.2) is 0 Å². The van der Waals surface area contributed by atoms with Crippen molar-refractivity contribution in [1.82, 2.24) is 15.1 Å². The van der Waals surface area contributed by atoms with Crippen LogP contribution in [0.4, 0.5) is 0 Å². The molecule has 2 unspecified atom stereocenters. The third kappa shape index (κ3) is 3.59. The minimum absolute atomic E-state index is 0.241. The topological polar surface area (TPSA) is 84.2 Å². The molecule has 2 rings (SSSR count). The first kappa shape index (κ1) is 14.6. The number of aryl methyl sites for hydroxylation is 1. The third-order valence-corrected chi connectivity index (χ3v) is 3.87. The van der Waals surface area contributed by atoms with Gasteiger partial charge in [-0.15, -0.1) is 0 Å². The number of amides is 1. The number of carboxylic acid groups (broad SMARTS) is 1. The van der Waals surface area contributed by atoms with E-state index in [-0.39, 0.29) is 11.9 Å². The van der Waals surface area contributed by atoms with Gasteiger partial charge in [-0.3, -0.25) is 14.3 Å². The van der Waals surface area contributed by atoms with Gasteiger partial charge < -0.3 is 10.4 Å². The molecule has 0 bridgehead atoms. The molecule has 6 nitrogen and oxygen atoms in total. The number of hydrogen-bond acceptors (Lipinski definition) is 3. The standard InChI is InChI=1S/C14H21N3O3/c1-17-9-10(8-15-17)13(18)16-12-7-5-3-2-4-6-11(12)14(19)20/h8-9,11-12H,2-7H2,1H3,(H,16,18)(H,19,20). The molecule has 1 saturated carbocycles. The smallest absolute Gasteiger partial charge is 0.308 e. The number of carbonyl (C=O) groups is 2. The summed E-state index contributed by atoms with van der Waals surface area (Å²) < 4.78 is 1.56. The van der Waals surface area contributed by atoms with Crippen LogP contribution in [0, 0.1) is 5.92 Å². The summed E-state index contributed by atoms with van der Waals surface area (Å²) in [6, 6.07) is -0.291. The SMILES string of the molecule is Cn1cc(C(=O)NC2CCCCCCC2C(=O)O)cn1. The Bertz CT molecular complexity index is 484. The van der Waals surface area contributed by atoms with E-state index < -0.39 is 11.9 Å². The maximum Gasteiger partial charge on any atom is 0.308 e. The molecule has 1 aromatic heterocycles. The summed E-state index contributed by atoms with van der Waals surface area (Å²) in [5, 5.41) is 16.2. The second-order valence-corrected chi connectivity index (χ2v) is 5.42. The Balaban J connectivity index is 2.06. The fourth-order valence-corrected chi connectivity index (χ4v) is 2.74. The van der Waals surface area contributed by atoms with Gasteiger partial charge in [0.2, 0.25) is 0 Å². The average Bonchev–Trinajstić information content (AvgIpc) is 2.79. The lowest BCUT2D eigenvalue weighted by atomic mass is 9.86. The van der Waals surface area contributed by atoms with E-state index in [1.54, 1.807) is 17.9 Å². The molecule has 2 N–H and O–H groups in total. The van der Waals surface area contributed by atoms with E-state index in [4.69, 9.17) is 0 Å². The molecular formula is C14H21N3O3. The largest absolute Gasteiger partial charge is 0.481 e. The highest BCUT2D eigenvalue weighted by molar-refractivity contribution is 5.94. The van der Waals surface area contributed by atoms with Crippen LogP contribution < -0.4 is 5.32 Å². The Morgan fingerprint density at radius 3 is 2.60 bits per heavy atom. The first-order valence-corrected chi connectivity index (χ1v) is 7.10. The van der Waals surface area contributed by atoms with Crippen LogP contribution in [-0.4, -0.2) is 32.8 Å². The average molecular weight is 279 g/mol. The molecule has 20 heavy (non-hydrogen) atoms. The summed E-state index contributed by atoms with van der Waals surface area (Å²) in [7, 11) is 1.74. The van der Waals surface area contributed by atoms with Crippen molar-refractivity contribution in [3.8, 4) is 0 Å². The van der Waals surface area contributed by atoms with Crippen molar-refractivity contribution in [2.24, 2.45) is 13.0 Å². The monoisotopic (exact) mass is 279 g/mol. The summed E-state index contributed by atoms with van der Waals surface area (Å²) >= 11 is 0. The molecule has 2 atom stereocenters. The number of hydrogen-bond donors (Lipinski definition) is 2. The zero-order chi connectivity index (χ0) is 14.5. The van der Waals surface area contributed by atoms with Crippen LogP contribution in [0.1, 0.15) is 48.9 Å². The predicted octanol–water partition coefficient (Wildman–Crippen LogP) is 1.57. The maximum absolute atomic E-state index is 12.1. The fraction of sp³-hybridized carbons (Fsp3) is 0.643. The van der Waals surface area contributed by atoms with Crippen molar-refractivity contribution in [3.63, 3.8) is 0 Å². The first-order chi connectivity index (χ1) is 9.58. The minimum Gasteiger partial charge on any atom is -0.481 e. The second kappa shape index (κ2) is 6.54. The Hall–Kier alpha value is -1.85. The zero-order valence-corrected chi connectivity index (χ0v) is 11.7. The van der Waals surface area contributed by atoms with Crippen LogP contribution in [0.25, 0.3) is 0 Å². The van der Waals surface area contributed by atoms with Gasteiger partial charge in [-0.25, -0.2) is 0 Å². The van der Waals surface area contributed by atoms with Crippen LogP contribution >= 0.6 is 0 Å². The molecule has 1 heterocycles. The molecule has 1 aliphatic rings. The van der Waals surface area contributed by atoms with Crippen molar-refractivity contribution >= 4 is 11.9 Å². The van der Waals surface area contributed by atoms with Crippen molar-refractivity contribution in [1.29, 1.82) is 0 Å². The van der Waals surface area contributed by atoms with E-state index in [9.17, 15) is 14.7 Å². The number of nitrogens with zero attached hydrogens (tertiary/aromatic N) is 2. The number of nitrogens with one attached hydrogen (secondary N) is 1. The molecule has 0 aromatic carbocycles. The van der Waals surface area contributed by atoms with Gasteiger partial charge in [0, 0.05) is 19.3 Å². The van der Waals surface area contributed by atoms with Crippen molar-refractivity contribution in [2.45, 2.75) is 44.6 Å². The number of carbonyl (C=O) groups excluding carboxylic acids is 1. The molecule has 0 saturated heterocycles. The molecule has 1 amide bonds. The van der Waals surface area contributed by atoms with Crippen molar-refractivity contribution in [3.05, 3.63) is 18.0 Å². The molecular weight excluding hydrogens is 258 g/mol. The van der Waals surface area contributed by atoms with E-state index >= 15 is 0 Å². The lowest BCUT2D eigenvalue weighted by Gasteiger charge is -2.27. The van der Waals surface area contributed by atoms with E-state index in [2.05, 4.69) is 10.4 Å². The van der Waals surface area contributed by atoms with Gasteiger partial charge >= 0.3 is 5.97 Å². The lowest BCUT2D eigenvalue weighted by molar-refractivity contribution is -0.143. The predicted molar refractivity (Wildman–Crippen MR) is 73.3 cm³/mol. The van der Waals surface area contributed by atoms with Crippen LogP contribution in [0.5, 0.6) is 0 Å². The molecule has 6 heteroatoms. The second-order valence-electron chi connectivity index (χ2n) is 5.42. The quantitative estimate of drug-likeness (QED) is 0.879. The van der Waals surface area contributed by atoms with E-state index in [0.717, 1.165) is 32.1 Å². The highest BCUT2D eigenvalue weighted by Crippen LogP contribution is 2.23. The van der Waals surface area contributed by atoms with Crippen LogP contribution in [0.2, 0.25) is 0 Å².